The third kappa shape index (κ3) is 5.34. The van der Waals surface area contributed by atoms with Crippen LogP contribution in [-0.2, 0) is 4.79 Å². The number of hydrogen-bond acceptors (Lipinski definition) is 3. The SMILES string of the molecule is O=C(O)C=Cc1ccn2c(-c3cccc(NC(=O)NCC(F)(F)F)c3)cnc2c1. The summed E-state index contributed by atoms with van der Waals surface area (Å²) in [6, 6.07) is 9.02. The minimum Gasteiger partial charge on any atom is -0.478 e. The number of urea groups is 1. The molecule has 0 aliphatic heterocycles. The molecule has 10 heteroatoms. The standard InChI is InChI=1S/C19H15F3N4O3/c20-19(21,22)11-24-18(29)25-14-3-1-2-13(9-14)15-10-23-16-8-12(4-5-17(27)28)6-7-26(15)16/h1-10H,11H2,(H,27,28)(H2,24,25,29). The molecule has 2 heterocycles. The lowest BCUT2D eigenvalue weighted by atomic mass is 10.1. The number of halogens is 3. The van der Waals surface area contributed by atoms with E-state index in [0.717, 1.165) is 6.08 Å². The van der Waals surface area contributed by atoms with E-state index >= 15 is 0 Å². The van der Waals surface area contributed by atoms with Gasteiger partial charge in [0, 0.05) is 23.5 Å². The summed E-state index contributed by atoms with van der Waals surface area (Å²) < 4.78 is 38.3. The molecule has 29 heavy (non-hydrogen) atoms. The van der Waals surface area contributed by atoms with E-state index in [1.54, 1.807) is 58.5 Å². The molecule has 2 aromatic heterocycles. The molecule has 0 radical (unpaired) electrons. The lowest BCUT2D eigenvalue weighted by Gasteiger charge is -2.10. The van der Waals surface area contributed by atoms with E-state index in [4.69, 9.17) is 5.11 Å². The van der Waals surface area contributed by atoms with E-state index in [-0.39, 0.29) is 0 Å². The Kier molecular flexibility index (Phi) is 5.53. The van der Waals surface area contributed by atoms with Crippen molar-refractivity contribution in [3.63, 3.8) is 0 Å². The number of rotatable bonds is 5. The number of carbonyl (C=O) groups is 2. The van der Waals surface area contributed by atoms with Gasteiger partial charge in [-0.3, -0.25) is 4.40 Å². The van der Waals surface area contributed by atoms with Crippen LogP contribution < -0.4 is 10.6 Å². The Morgan fingerprint density at radius 1 is 1.21 bits per heavy atom. The average Bonchev–Trinajstić information content (AvgIpc) is 3.07. The second kappa shape index (κ2) is 8.05. The molecule has 0 unspecified atom stereocenters. The zero-order valence-corrected chi connectivity index (χ0v) is 14.8. The zero-order chi connectivity index (χ0) is 21.0. The summed E-state index contributed by atoms with van der Waals surface area (Å²) in [5.74, 6) is -1.06. The smallest absolute Gasteiger partial charge is 0.405 e. The van der Waals surface area contributed by atoms with Crippen LogP contribution in [0.2, 0.25) is 0 Å². The number of fused-ring (bicyclic) bond motifs is 1. The lowest BCUT2D eigenvalue weighted by Crippen LogP contribution is -2.36. The minimum atomic E-state index is -4.49. The summed E-state index contributed by atoms with van der Waals surface area (Å²) in [6.07, 6.45) is 1.29. The van der Waals surface area contributed by atoms with E-state index in [9.17, 15) is 22.8 Å². The number of nitrogens with one attached hydrogen (secondary N) is 2. The molecule has 0 atom stereocenters. The Morgan fingerprint density at radius 2 is 2.00 bits per heavy atom. The van der Waals surface area contributed by atoms with Crippen LogP contribution in [0, 0.1) is 0 Å². The number of aromatic nitrogens is 2. The number of alkyl halides is 3. The summed E-state index contributed by atoms with van der Waals surface area (Å²) in [7, 11) is 0. The van der Waals surface area contributed by atoms with Crippen molar-refractivity contribution in [2.45, 2.75) is 6.18 Å². The Balaban J connectivity index is 1.80. The number of hydrogen-bond donors (Lipinski definition) is 3. The number of imidazole rings is 1. The first kappa shape index (κ1) is 19.9. The number of carboxylic acids is 1. The number of pyridine rings is 1. The van der Waals surface area contributed by atoms with Gasteiger partial charge in [0.25, 0.3) is 0 Å². The average molecular weight is 404 g/mol. The maximum absolute atomic E-state index is 12.2. The monoisotopic (exact) mass is 404 g/mol. The molecule has 7 nitrogen and oxygen atoms in total. The predicted molar refractivity (Wildman–Crippen MR) is 100 cm³/mol. The first-order chi connectivity index (χ1) is 13.7. The first-order valence-electron chi connectivity index (χ1n) is 8.31. The highest BCUT2D eigenvalue weighted by atomic mass is 19.4. The molecule has 0 saturated heterocycles. The van der Waals surface area contributed by atoms with Crippen molar-refractivity contribution >= 4 is 29.4 Å². The molecule has 3 aromatic rings. The van der Waals surface area contributed by atoms with Crippen LogP contribution in [0.15, 0.2) is 54.9 Å². The van der Waals surface area contributed by atoms with E-state index in [2.05, 4.69) is 10.3 Å². The highest BCUT2D eigenvalue weighted by Gasteiger charge is 2.27. The fourth-order valence-electron chi connectivity index (χ4n) is 2.59. The lowest BCUT2D eigenvalue weighted by molar-refractivity contribution is -0.131. The largest absolute Gasteiger partial charge is 0.478 e. The summed E-state index contributed by atoms with van der Waals surface area (Å²) >= 11 is 0. The number of carboxylic acid groups (broad SMARTS) is 1. The summed E-state index contributed by atoms with van der Waals surface area (Å²) in [4.78, 5) is 26.5. The fourth-order valence-corrected chi connectivity index (χ4v) is 2.59. The molecule has 0 aliphatic carbocycles. The van der Waals surface area contributed by atoms with Crippen LogP contribution in [0.1, 0.15) is 5.56 Å². The number of benzene rings is 1. The molecule has 0 spiro atoms. The topological polar surface area (TPSA) is 95.7 Å². The highest BCUT2D eigenvalue weighted by molar-refractivity contribution is 5.90. The van der Waals surface area contributed by atoms with Gasteiger partial charge in [-0.25, -0.2) is 14.6 Å². The Morgan fingerprint density at radius 3 is 2.72 bits per heavy atom. The van der Waals surface area contributed by atoms with Crippen molar-refractivity contribution in [2.75, 3.05) is 11.9 Å². The van der Waals surface area contributed by atoms with E-state index < -0.39 is 24.7 Å². The van der Waals surface area contributed by atoms with Gasteiger partial charge in [-0.15, -0.1) is 0 Å². The van der Waals surface area contributed by atoms with Crippen LogP contribution in [0.25, 0.3) is 23.0 Å². The number of nitrogens with zero attached hydrogens (tertiary/aromatic N) is 2. The van der Waals surface area contributed by atoms with E-state index in [0.29, 0.717) is 28.2 Å². The summed E-state index contributed by atoms with van der Waals surface area (Å²) in [5, 5.41) is 12.8. The molecule has 3 N–H and O–H groups in total. The molecular formula is C19H15F3N4O3. The second-order valence-electron chi connectivity index (χ2n) is 6.01. The van der Waals surface area contributed by atoms with Gasteiger partial charge in [0.05, 0.1) is 11.9 Å². The van der Waals surface area contributed by atoms with E-state index in [1.165, 1.54) is 6.08 Å². The van der Waals surface area contributed by atoms with Gasteiger partial charge in [0.1, 0.15) is 12.2 Å². The number of carbonyl (C=O) groups excluding carboxylic acids is 1. The van der Waals surface area contributed by atoms with Gasteiger partial charge in [-0.1, -0.05) is 12.1 Å². The van der Waals surface area contributed by atoms with Crippen molar-refractivity contribution in [3.05, 3.63) is 60.4 Å². The van der Waals surface area contributed by atoms with Crippen molar-refractivity contribution in [2.24, 2.45) is 0 Å². The zero-order valence-electron chi connectivity index (χ0n) is 14.8. The highest BCUT2D eigenvalue weighted by Crippen LogP contribution is 2.24. The third-order valence-electron chi connectivity index (χ3n) is 3.82. The molecule has 0 fully saturated rings. The Hall–Kier alpha value is -3.82. The van der Waals surface area contributed by atoms with Gasteiger partial charge in [-0.2, -0.15) is 13.2 Å². The maximum Gasteiger partial charge on any atom is 0.405 e. The number of aliphatic carboxylic acids is 1. The van der Waals surface area contributed by atoms with Gasteiger partial charge in [0.15, 0.2) is 0 Å². The third-order valence-corrected chi connectivity index (χ3v) is 3.82. The molecule has 2 amide bonds. The number of amides is 2. The van der Waals surface area contributed by atoms with Crippen LogP contribution in [0.4, 0.5) is 23.7 Å². The van der Waals surface area contributed by atoms with Gasteiger partial charge in [-0.05, 0) is 35.9 Å². The molecule has 150 valence electrons. The van der Waals surface area contributed by atoms with Gasteiger partial charge < -0.3 is 15.7 Å². The quantitative estimate of drug-likeness (QED) is 0.564. The number of anilines is 1. The van der Waals surface area contributed by atoms with Crippen LogP contribution in [0.5, 0.6) is 0 Å². The molecule has 0 bridgehead atoms. The predicted octanol–water partition coefficient (Wildman–Crippen LogP) is 3.78. The first-order valence-corrected chi connectivity index (χ1v) is 8.31. The normalized spacial score (nSPS) is 11.7. The Bertz CT molecular complexity index is 1090. The van der Waals surface area contributed by atoms with E-state index in [1.807, 2.05) is 0 Å². The Labute approximate surface area is 162 Å². The van der Waals surface area contributed by atoms with Crippen LogP contribution in [0.3, 0.4) is 0 Å². The van der Waals surface area contributed by atoms with Crippen molar-refractivity contribution in [3.8, 4) is 11.3 Å². The molecule has 0 aliphatic rings. The second-order valence-corrected chi connectivity index (χ2v) is 6.01. The van der Waals surface area contributed by atoms with Crippen molar-refractivity contribution in [1.29, 1.82) is 0 Å². The maximum atomic E-state index is 12.2. The van der Waals surface area contributed by atoms with Crippen LogP contribution in [-0.4, -0.2) is 39.2 Å². The molecular weight excluding hydrogens is 389 g/mol. The molecule has 0 saturated carbocycles. The van der Waals surface area contributed by atoms with Crippen molar-refractivity contribution in [1.82, 2.24) is 14.7 Å². The molecule has 3 rings (SSSR count). The molecule has 1 aromatic carbocycles. The minimum absolute atomic E-state index is 0.318. The van der Waals surface area contributed by atoms with Gasteiger partial charge >= 0.3 is 18.2 Å². The van der Waals surface area contributed by atoms with Crippen molar-refractivity contribution < 1.29 is 27.9 Å². The fraction of sp³-hybridized carbons (Fsp3) is 0.105. The van der Waals surface area contributed by atoms with Gasteiger partial charge in [0.2, 0.25) is 0 Å². The summed E-state index contributed by atoms with van der Waals surface area (Å²) in [6.45, 7) is -1.43. The van der Waals surface area contributed by atoms with Crippen LogP contribution >= 0.6 is 0 Å². The summed E-state index contributed by atoms with van der Waals surface area (Å²) in [5.41, 5.74) is 2.92.